The molecule has 4 nitrogen and oxygen atoms in total. The summed E-state index contributed by atoms with van der Waals surface area (Å²) in [6, 6.07) is 5.59. The van der Waals surface area contributed by atoms with E-state index >= 15 is 0 Å². The highest BCUT2D eigenvalue weighted by Crippen LogP contribution is 2.28. The molecule has 0 saturated carbocycles. The molecule has 1 aliphatic rings. The Morgan fingerprint density at radius 2 is 2.29 bits per heavy atom. The minimum absolute atomic E-state index is 0.140. The minimum atomic E-state index is -0.140. The lowest BCUT2D eigenvalue weighted by atomic mass is 9.95. The summed E-state index contributed by atoms with van der Waals surface area (Å²) >= 11 is 6.01. The summed E-state index contributed by atoms with van der Waals surface area (Å²) in [7, 11) is 0. The molecule has 21 heavy (non-hydrogen) atoms. The lowest BCUT2D eigenvalue weighted by Gasteiger charge is -2.29. The van der Waals surface area contributed by atoms with Crippen molar-refractivity contribution in [3.8, 4) is 0 Å². The summed E-state index contributed by atoms with van der Waals surface area (Å²) in [4.78, 5) is 12.5. The summed E-state index contributed by atoms with van der Waals surface area (Å²) in [6.45, 7) is 5.90. The molecular formula is C16H19ClN2O2. The minimum Gasteiger partial charge on any atom is -0.451 e. The van der Waals surface area contributed by atoms with Gasteiger partial charge in [0.15, 0.2) is 5.76 Å². The summed E-state index contributed by atoms with van der Waals surface area (Å²) < 4.78 is 5.71. The van der Waals surface area contributed by atoms with Gasteiger partial charge in [-0.05, 0) is 50.6 Å². The highest BCUT2D eigenvalue weighted by molar-refractivity contribution is 6.31. The fourth-order valence-corrected chi connectivity index (χ4v) is 3.04. The van der Waals surface area contributed by atoms with Crippen molar-refractivity contribution in [2.45, 2.75) is 26.3 Å². The molecule has 1 aliphatic heterocycles. The molecule has 2 aromatic rings. The van der Waals surface area contributed by atoms with Crippen molar-refractivity contribution in [3.05, 3.63) is 34.5 Å². The first kappa shape index (κ1) is 14.4. The predicted molar refractivity (Wildman–Crippen MR) is 83.9 cm³/mol. The maximum Gasteiger partial charge on any atom is 0.287 e. The molecular weight excluding hydrogens is 288 g/mol. The molecule has 1 aromatic carbocycles. The molecule has 2 unspecified atom stereocenters. The summed E-state index contributed by atoms with van der Waals surface area (Å²) in [5.41, 5.74) is 1.53. The van der Waals surface area contributed by atoms with E-state index in [0.717, 1.165) is 30.5 Å². The number of aryl methyl sites for hydroxylation is 1. The van der Waals surface area contributed by atoms with Gasteiger partial charge in [0.05, 0.1) is 0 Å². The molecule has 1 fully saturated rings. The van der Waals surface area contributed by atoms with Gasteiger partial charge in [-0.1, -0.05) is 18.5 Å². The van der Waals surface area contributed by atoms with Gasteiger partial charge in [-0.15, -0.1) is 0 Å². The Kier molecular flexibility index (Phi) is 3.91. The number of nitrogens with one attached hydrogen (secondary N) is 2. The molecule has 3 rings (SSSR count). The Balaban J connectivity index is 1.86. The van der Waals surface area contributed by atoms with Crippen LogP contribution in [-0.4, -0.2) is 25.0 Å². The van der Waals surface area contributed by atoms with Crippen LogP contribution in [0.5, 0.6) is 0 Å². The average Bonchev–Trinajstić information content (AvgIpc) is 2.79. The van der Waals surface area contributed by atoms with Crippen molar-refractivity contribution in [1.82, 2.24) is 10.6 Å². The topological polar surface area (TPSA) is 54.3 Å². The van der Waals surface area contributed by atoms with Gasteiger partial charge in [0.25, 0.3) is 5.91 Å². The number of piperidine rings is 1. The summed E-state index contributed by atoms with van der Waals surface area (Å²) in [6.07, 6.45) is 0.942. The van der Waals surface area contributed by atoms with E-state index in [4.69, 9.17) is 16.0 Å². The number of carbonyl (C=O) groups is 1. The van der Waals surface area contributed by atoms with Crippen molar-refractivity contribution in [3.63, 3.8) is 0 Å². The van der Waals surface area contributed by atoms with Gasteiger partial charge in [0.2, 0.25) is 0 Å². The van der Waals surface area contributed by atoms with Crippen LogP contribution in [0.3, 0.4) is 0 Å². The zero-order valence-corrected chi connectivity index (χ0v) is 13.0. The first-order valence-corrected chi connectivity index (χ1v) is 7.64. The van der Waals surface area contributed by atoms with Gasteiger partial charge >= 0.3 is 0 Å². The Labute approximate surface area is 128 Å². The number of benzene rings is 1. The molecule has 1 aromatic heterocycles. The van der Waals surface area contributed by atoms with Gasteiger partial charge in [-0.2, -0.15) is 0 Å². The third kappa shape index (κ3) is 2.78. The van der Waals surface area contributed by atoms with Crippen LogP contribution < -0.4 is 10.6 Å². The highest BCUT2D eigenvalue weighted by Gasteiger charge is 2.25. The maximum atomic E-state index is 12.5. The molecule has 1 saturated heterocycles. The third-order valence-corrected chi connectivity index (χ3v) is 4.44. The molecule has 5 heteroatoms. The zero-order valence-electron chi connectivity index (χ0n) is 12.2. The van der Waals surface area contributed by atoms with E-state index in [2.05, 4.69) is 17.6 Å². The Hall–Kier alpha value is -1.52. The number of rotatable bonds is 2. The maximum absolute atomic E-state index is 12.5. The SMILES string of the molecule is Cc1c(C(=O)NC2CCNCC2C)oc2ccc(Cl)cc12. The molecule has 2 N–H and O–H groups in total. The molecule has 2 atom stereocenters. The van der Waals surface area contributed by atoms with E-state index in [-0.39, 0.29) is 11.9 Å². The van der Waals surface area contributed by atoms with E-state index < -0.39 is 0 Å². The number of halogens is 1. The normalized spacial score (nSPS) is 22.4. The second kappa shape index (κ2) is 5.70. The lowest BCUT2D eigenvalue weighted by molar-refractivity contribution is 0.0887. The van der Waals surface area contributed by atoms with Gasteiger partial charge < -0.3 is 15.1 Å². The zero-order chi connectivity index (χ0) is 15.0. The standard InChI is InChI=1S/C16H19ClN2O2/c1-9-8-18-6-5-13(9)19-16(20)15-10(2)12-7-11(17)3-4-14(12)21-15/h3-4,7,9,13,18H,5-6,8H2,1-2H3,(H,19,20). The molecule has 1 amide bonds. The molecule has 0 radical (unpaired) electrons. The van der Waals surface area contributed by atoms with Crippen LogP contribution in [0.4, 0.5) is 0 Å². The molecule has 2 heterocycles. The average molecular weight is 307 g/mol. The smallest absolute Gasteiger partial charge is 0.287 e. The van der Waals surface area contributed by atoms with Crippen LogP contribution in [0.2, 0.25) is 5.02 Å². The van der Waals surface area contributed by atoms with Crippen LogP contribution in [0, 0.1) is 12.8 Å². The number of hydrogen-bond acceptors (Lipinski definition) is 3. The molecule has 0 spiro atoms. The van der Waals surface area contributed by atoms with Crippen molar-refractivity contribution >= 4 is 28.5 Å². The van der Waals surface area contributed by atoms with Crippen LogP contribution >= 0.6 is 11.6 Å². The van der Waals surface area contributed by atoms with E-state index in [1.165, 1.54) is 0 Å². The van der Waals surface area contributed by atoms with Crippen LogP contribution in [0.15, 0.2) is 22.6 Å². The van der Waals surface area contributed by atoms with Crippen LogP contribution in [-0.2, 0) is 0 Å². The summed E-state index contributed by atoms with van der Waals surface area (Å²) in [5.74, 6) is 0.665. The fourth-order valence-electron chi connectivity index (χ4n) is 2.87. The van der Waals surface area contributed by atoms with E-state index in [9.17, 15) is 4.79 Å². The fraction of sp³-hybridized carbons (Fsp3) is 0.438. The predicted octanol–water partition coefficient (Wildman–Crippen LogP) is 3.12. The van der Waals surface area contributed by atoms with Gasteiger partial charge in [0.1, 0.15) is 5.58 Å². The first-order chi connectivity index (χ1) is 10.1. The van der Waals surface area contributed by atoms with Gasteiger partial charge in [-0.25, -0.2) is 0 Å². The largest absolute Gasteiger partial charge is 0.451 e. The summed E-state index contributed by atoms with van der Waals surface area (Å²) in [5, 5.41) is 7.96. The number of carbonyl (C=O) groups excluding carboxylic acids is 1. The molecule has 0 aliphatic carbocycles. The van der Waals surface area contributed by atoms with Crippen molar-refractivity contribution in [2.24, 2.45) is 5.92 Å². The highest BCUT2D eigenvalue weighted by atomic mass is 35.5. The Bertz CT molecular complexity index is 680. The molecule has 112 valence electrons. The second-order valence-corrected chi connectivity index (χ2v) is 6.18. The third-order valence-electron chi connectivity index (χ3n) is 4.21. The number of furan rings is 1. The van der Waals surface area contributed by atoms with E-state index in [0.29, 0.717) is 22.3 Å². The van der Waals surface area contributed by atoms with Gasteiger partial charge in [0, 0.05) is 22.0 Å². The Morgan fingerprint density at radius 3 is 3.05 bits per heavy atom. The number of hydrogen-bond donors (Lipinski definition) is 2. The first-order valence-electron chi connectivity index (χ1n) is 7.26. The monoisotopic (exact) mass is 306 g/mol. The molecule has 0 bridgehead atoms. The second-order valence-electron chi connectivity index (χ2n) is 5.75. The van der Waals surface area contributed by atoms with Gasteiger partial charge in [-0.3, -0.25) is 4.79 Å². The van der Waals surface area contributed by atoms with Crippen molar-refractivity contribution < 1.29 is 9.21 Å². The quantitative estimate of drug-likeness (QED) is 0.896. The number of fused-ring (bicyclic) bond motifs is 1. The Morgan fingerprint density at radius 1 is 1.48 bits per heavy atom. The van der Waals surface area contributed by atoms with Crippen molar-refractivity contribution in [2.75, 3.05) is 13.1 Å². The van der Waals surface area contributed by atoms with E-state index in [1.54, 1.807) is 12.1 Å². The van der Waals surface area contributed by atoms with Crippen molar-refractivity contribution in [1.29, 1.82) is 0 Å². The van der Waals surface area contributed by atoms with Crippen LogP contribution in [0.1, 0.15) is 29.5 Å². The van der Waals surface area contributed by atoms with E-state index in [1.807, 2.05) is 13.0 Å². The number of amides is 1. The lowest BCUT2D eigenvalue weighted by Crippen LogP contribution is -2.48. The van der Waals surface area contributed by atoms with Crippen LogP contribution in [0.25, 0.3) is 11.0 Å².